The summed E-state index contributed by atoms with van der Waals surface area (Å²) in [5.41, 5.74) is 3.82. The van der Waals surface area contributed by atoms with Crippen LogP contribution in [0.25, 0.3) is 16.2 Å². The summed E-state index contributed by atoms with van der Waals surface area (Å²) in [5.74, 6) is -0.154. The van der Waals surface area contributed by atoms with Crippen molar-refractivity contribution in [1.29, 1.82) is 0 Å². The minimum Gasteiger partial charge on any atom is -0.346 e. The normalized spacial score (nSPS) is 11.1. The van der Waals surface area contributed by atoms with E-state index in [0.29, 0.717) is 23.0 Å². The number of aromatic nitrogens is 3. The van der Waals surface area contributed by atoms with Crippen LogP contribution in [-0.2, 0) is 6.54 Å². The van der Waals surface area contributed by atoms with Gasteiger partial charge in [-0.1, -0.05) is 35.9 Å². The highest BCUT2D eigenvalue weighted by Gasteiger charge is 2.17. The predicted molar refractivity (Wildman–Crippen MR) is 108 cm³/mol. The smallest absolute Gasteiger partial charge is 0.270 e. The van der Waals surface area contributed by atoms with Crippen LogP contribution in [0.2, 0.25) is 5.02 Å². The number of nitrogens with zero attached hydrogens (tertiary/aromatic N) is 3. The van der Waals surface area contributed by atoms with E-state index in [-0.39, 0.29) is 5.91 Å². The van der Waals surface area contributed by atoms with Gasteiger partial charge in [-0.15, -0.1) is 11.3 Å². The topological polar surface area (TPSA) is 59.3 Å². The van der Waals surface area contributed by atoms with Gasteiger partial charge >= 0.3 is 0 Å². The van der Waals surface area contributed by atoms with Gasteiger partial charge in [-0.3, -0.25) is 9.20 Å². The molecule has 4 rings (SSSR count). The van der Waals surface area contributed by atoms with Crippen molar-refractivity contribution in [1.82, 2.24) is 19.7 Å². The van der Waals surface area contributed by atoms with Crippen LogP contribution in [0.4, 0.5) is 0 Å². The van der Waals surface area contributed by atoms with E-state index in [1.54, 1.807) is 15.7 Å². The molecule has 0 saturated heterocycles. The monoisotopic (exact) mass is 396 g/mol. The first kappa shape index (κ1) is 17.7. The molecule has 4 aromatic rings. The zero-order valence-electron chi connectivity index (χ0n) is 14.9. The molecule has 1 aromatic carbocycles. The van der Waals surface area contributed by atoms with Gasteiger partial charge in [0.25, 0.3) is 5.91 Å². The summed E-state index contributed by atoms with van der Waals surface area (Å²) < 4.78 is 1.80. The summed E-state index contributed by atoms with van der Waals surface area (Å²) in [6.45, 7) is 4.19. The second-order valence-corrected chi connectivity index (χ2v) is 7.66. The molecule has 0 aliphatic carbocycles. The molecule has 0 aliphatic rings. The number of hydrogen-bond donors (Lipinski definition) is 1. The standard InChI is InChI=1S/C20H17ClN4OS/c1-12-16(27-20(24-12)14-7-3-4-8-15(14)21)11-22-19(26)18-13(2)23-17-9-5-6-10-25(17)18/h3-10H,11H2,1-2H3,(H,22,26). The number of halogens is 1. The third-order valence-corrected chi connectivity index (χ3v) is 5.85. The molecule has 7 heteroatoms. The van der Waals surface area contributed by atoms with E-state index in [1.165, 1.54) is 0 Å². The van der Waals surface area contributed by atoms with Gasteiger partial charge in [0.15, 0.2) is 0 Å². The third kappa shape index (κ3) is 3.34. The van der Waals surface area contributed by atoms with Gasteiger partial charge in [0.1, 0.15) is 16.3 Å². The van der Waals surface area contributed by atoms with Crippen LogP contribution >= 0.6 is 22.9 Å². The zero-order chi connectivity index (χ0) is 19.0. The lowest BCUT2D eigenvalue weighted by atomic mass is 10.2. The molecule has 0 fully saturated rings. The Morgan fingerprint density at radius 2 is 1.89 bits per heavy atom. The van der Waals surface area contributed by atoms with Crippen LogP contribution in [0.15, 0.2) is 48.7 Å². The number of carbonyl (C=O) groups excluding carboxylic acids is 1. The fourth-order valence-electron chi connectivity index (χ4n) is 2.97. The summed E-state index contributed by atoms with van der Waals surface area (Å²) >= 11 is 7.82. The van der Waals surface area contributed by atoms with Gasteiger partial charge in [0, 0.05) is 16.6 Å². The van der Waals surface area contributed by atoms with Crippen LogP contribution in [-0.4, -0.2) is 20.3 Å². The van der Waals surface area contributed by atoms with Gasteiger partial charge < -0.3 is 5.32 Å². The van der Waals surface area contributed by atoms with Gasteiger partial charge in [-0.05, 0) is 32.0 Å². The zero-order valence-corrected chi connectivity index (χ0v) is 16.4. The first-order chi connectivity index (χ1) is 13.0. The van der Waals surface area contributed by atoms with Crippen LogP contribution in [0.3, 0.4) is 0 Å². The molecular weight excluding hydrogens is 380 g/mol. The molecule has 0 atom stereocenters. The molecule has 3 heterocycles. The van der Waals surface area contributed by atoms with E-state index in [4.69, 9.17) is 11.6 Å². The third-order valence-electron chi connectivity index (χ3n) is 4.33. The Morgan fingerprint density at radius 3 is 2.70 bits per heavy atom. The van der Waals surface area contributed by atoms with Crippen LogP contribution < -0.4 is 5.32 Å². The number of rotatable bonds is 4. The van der Waals surface area contributed by atoms with Crippen LogP contribution in [0.1, 0.15) is 26.8 Å². The molecule has 0 saturated carbocycles. The minimum atomic E-state index is -0.154. The van der Waals surface area contributed by atoms with E-state index in [2.05, 4.69) is 15.3 Å². The van der Waals surface area contributed by atoms with Crippen molar-refractivity contribution >= 4 is 34.5 Å². The van der Waals surface area contributed by atoms with Crippen LogP contribution in [0, 0.1) is 13.8 Å². The number of imidazole rings is 1. The molecule has 27 heavy (non-hydrogen) atoms. The van der Waals surface area contributed by atoms with Crippen molar-refractivity contribution in [3.63, 3.8) is 0 Å². The Labute approximate surface area is 165 Å². The number of carbonyl (C=O) groups is 1. The molecular formula is C20H17ClN4OS. The summed E-state index contributed by atoms with van der Waals surface area (Å²) in [4.78, 5) is 22.8. The number of benzene rings is 1. The maximum absolute atomic E-state index is 12.7. The summed E-state index contributed by atoms with van der Waals surface area (Å²) in [6, 6.07) is 13.3. The number of aryl methyl sites for hydroxylation is 2. The molecule has 1 N–H and O–H groups in total. The lowest BCUT2D eigenvalue weighted by molar-refractivity contribution is 0.0944. The SMILES string of the molecule is Cc1nc(-c2ccccc2Cl)sc1CNC(=O)c1c(C)nc2ccccn12. The molecule has 0 radical (unpaired) electrons. The molecule has 3 aromatic heterocycles. The van der Waals surface area contributed by atoms with E-state index in [0.717, 1.165) is 26.8 Å². The summed E-state index contributed by atoms with van der Waals surface area (Å²) in [7, 11) is 0. The van der Waals surface area contributed by atoms with E-state index < -0.39 is 0 Å². The average Bonchev–Trinajstić information content (AvgIpc) is 3.19. The van der Waals surface area contributed by atoms with Crippen molar-refractivity contribution in [3.8, 4) is 10.6 Å². The molecule has 1 amide bonds. The molecule has 0 unspecified atom stereocenters. The van der Waals surface area contributed by atoms with Crippen LogP contribution in [0.5, 0.6) is 0 Å². The highest BCUT2D eigenvalue weighted by Crippen LogP contribution is 2.32. The highest BCUT2D eigenvalue weighted by molar-refractivity contribution is 7.15. The second kappa shape index (κ2) is 7.13. The number of amides is 1. The quantitative estimate of drug-likeness (QED) is 0.545. The highest BCUT2D eigenvalue weighted by atomic mass is 35.5. The number of fused-ring (bicyclic) bond motifs is 1. The Hall–Kier alpha value is -2.70. The molecule has 5 nitrogen and oxygen atoms in total. The van der Waals surface area contributed by atoms with Crippen molar-refractivity contribution in [3.05, 3.63) is 75.6 Å². The van der Waals surface area contributed by atoms with Crippen molar-refractivity contribution in [2.75, 3.05) is 0 Å². The number of thiazole rings is 1. The number of pyridine rings is 1. The first-order valence-electron chi connectivity index (χ1n) is 8.47. The van der Waals surface area contributed by atoms with E-state index in [9.17, 15) is 4.79 Å². The Balaban J connectivity index is 1.56. The maximum atomic E-state index is 12.7. The average molecular weight is 397 g/mol. The van der Waals surface area contributed by atoms with Gasteiger partial charge in [0.05, 0.1) is 23.0 Å². The maximum Gasteiger partial charge on any atom is 0.270 e. The Kier molecular flexibility index (Phi) is 4.68. The minimum absolute atomic E-state index is 0.154. The second-order valence-electron chi connectivity index (χ2n) is 6.16. The summed E-state index contributed by atoms with van der Waals surface area (Å²) in [5, 5.41) is 4.52. The fourth-order valence-corrected chi connectivity index (χ4v) is 4.30. The van der Waals surface area contributed by atoms with Crippen molar-refractivity contribution in [2.24, 2.45) is 0 Å². The van der Waals surface area contributed by atoms with Crippen molar-refractivity contribution < 1.29 is 4.79 Å². The Morgan fingerprint density at radius 1 is 1.11 bits per heavy atom. The largest absolute Gasteiger partial charge is 0.346 e. The molecule has 136 valence electrons. The lowest BCUT2D eigenvalue weighted by Crippen LogP contribution is -2.24. The van der Waals surface area contributed by atoms with Crippen molar-refractivity contribution in [2.45, 2.75) is 20.4 Å². The van der Waals surface area contributed by atoms with Gasteiger partial charge in [0.2, 0.25) is 0 Å². The van der Waals surface area contributed by atoms with Gasteiger partial charge in [-0.2, -0.15) is 0 Å². The first-order valence-corrected chi connectivity index (χ1v) is 9.67. The number of nitrogens with one attached hydrogen (secondary N) is 1. The summed E-state index contributed by atoms with van der Waals surface area (Å²) in [6.07, 6.45) is 1.84. The number of hydrogen-bond acceptors (Lipinski definition) is 4. The fraction of sp³-hybridized carbons (Fsp3) is 0.150. The van der Waals surface area contributed by atoms with E-state index in [1.807, 2.05) is 62.5 Å². The molecule has 0 aliphatic heterocycles. The molecule has 0 bridgehead atoms. The Bertz CT molecular complexity index is 1150. The van der Waals surface area contributed by atoms with Gasteiger partial charge in [-0.25, -0.2) is 9.97 Å². The lowest BCUT2D eigenvalue weighted by Gasteiger charge is -2.05. The molecule has 0 spiro atoms. The van der Waals surface area contributed by atoms with E-state index >= 15 is 0 Å². The predicted octanol–water partition coefficient (Wildman–Crippen LogP) is 4.66.